The number of nitrogens with one attached hydrogen (secondary N) is 2. The molecule has 0 radical (unpaired) electrons. The largest absolute Gasteiger partial charge is 0.496 e. The van der Waals surface area contributed by atoms with Crippen molar-refractivity contribution in [1.29, 1.82) is 0 Å². The Morgan fingerprint density at radius 3 is 2.89 bits per heavy atom. The Kier molecular flexibility index (Phi) is 4.79. The average molecular weight is 371 g/mol. The topological polar surface area (TPSA) is 92.3 Å². The summed E-state index contributed by atoms with van der Waals surface area (Å²) < 4.78 is 5.51. The van der Waals surface area contributed by atoms with Crippen molar-refractivity contribution >= 4 is 22.9 Å². The number of fused-ring (bicyclic) bond motifs is 1. The Labute approximate surface area is 161 Å². The molecule has 0 fully saturated rings. The molecule has 7 heteroatoms. The number of aromatic nitrogens is 3. The van der Waals surface area contributed by atoms with E-state index in [9.17, 15) is 4.79 Å². The van der Waals surface area contributed by atoms with E-state index in [1.54, 1.807) is 31.6 Å². The van der Waals surface area contributed by atoms with Gasteiger partial charge < -0.3 is 4.74 Å². The number of ether oxygens (including phenoxy) is 1. The fraction of sp³-hybridized carbons (Fsp3) is 0.0476. The van der Waals surface area contributed by atoms with Crippen LogP contribution in [0.5, 0.6) is 5.75 Å². The van der Waals surface area contributed by atoms with Gasteiger partial charge in [0.2, 0.25) is 0 Å². The van der Waals surface area contributed by atoms with E-state index in [1.165, 1.54) is 6.21 Å². The summed E-state index contributed by atoms with van der Waals surface area (Å²) in [6, 6.07) is 17.1. The SMILES string of the molecule is COc1ccc2ccccc2c1-c1cc(C(=O)N/N=C\c2cccnc2)[nH]n1. The number of aromatic amines is 1. The number of hydrogen-bond donors (Lipinski definition) is 2. The van der Waals surface area contributed by atoms with Gasteiger partial charge >= 0.3 is 0 Å². The Morgan fingerprint density at radius 1 is 1.18 bits per heavy atom. The first kappa shape index (κ1) is 17.4. The summed E-state index contributed by atoms with van der Waals surface area (Å²) in [5.74, 6) is 0.296. The molecule has 2 aromatic carbocycles. The maximum Gasteiger partial charge on any atom is 0.289 e. The van der Waals surface area contributed by atoms with Crippen molar-refractivity contribution in [2.24, 2.45) is 5.10 Å². The van der Waals surface area contributed by atoms with Gasteiger partial charge in [-0.3, -0.25) is 14.9 Å². The molecule has 0 aliphatic carbocycles. The van der Waals surface area contributed by atoms with Gasteiger partial charge in [-0.25, -0.2) is 5.43 Å². The maximum absolute atomic E-state index is 12.4. The van der Waals surface area contributed by atoms with Crippen LogP contribution >= 0.6 is 0 Å². The lowest BCUT2D eigenvalue weighted by Crippen LogP contribution is -2.18. The second-order valence-corrected chi connectivity index (χ2v) is 6.02. The minimum Gasteiger partial charge on any atom is -0.496 e. The predicted octanol–water partition coefficient (Wildman–Crippen LogP) is 3.40. The number of H-pyrrole nitrogens is 1. The monoisotopic (exact) mass is 371 g/mol. The molecule has 1 amide bonds. The van der Waals surface area contributed by atoms with Crippen LogP contribution in [0.15, 0.2) is 72.1 Å². The number of benzene rings is 2. The zero-order valence-corrected chi connectivity index (χ0v) is 15.1. The Bertz CT molecular complexity index is 1150. The zero-order valence-electron chi connectivity index (χ0n) is 15.1. The normalized spacial score (nSPS) is 11.0. The molecule has 2 heterocycles. The molecule has 138 valence electrons. The molecule has 0 saturated heterocycles. The average Bonchev–Trinajstić information content (AvgIpc) is 3.23. The fourth-order valence-corrected chi connectivity index (χ4v) is 2.93. The number of carbonyl (C=O) groups is 1. The summed E-state index contributed by atoms with van der Waals surface area (Å²) in [7, 11) is 1.61. The predicted molar refractivity (Wildman–Crippen MR) is 107 cm³/mol. The van der Waals surface area contributed by atoms with Gasteiger partial charge in [-0.05, 0) is 29.0 Å². The second-order valence-electron chi connectivity index (χ2n) is 6.02. The lowest BCUT2D eigenvalue weighted by molar-refractivity contribution is 0.0950. The van der Waals surface area contributed by atoms with Crippen molar-refractivity contribution in [3.05, 3.63) is 78.2 Å². The van der Waals surface area contributed by atoms with Crippen molar-refractivity contribution in [1.82, 2.24) is 20.6 Å². The third kappa shape index (κ3) is 3.45. The number of nitrogens with zero attached hydrogens (tertiary/aromatic N) is 3. The minimum atomic E-state index is -0.391. The van der Waals surface area contributed by atoms with E-state index in [1.807, 2.05) is 42.5 Å². The highest BCUT2D eigenvalue weighted by atomic mass is 16.5. The summed E-state index contributed by atoms with van der Waals surface area (Å²) in [4.78, 5) is 16.3. The number of rotatable bonds is 5. The van der Waals surface area contributed by atoms with Crippen LogP contribution in [0.1, 0.15) is 16.1 Å². The van der Waals surface area contributed by atoms with Gasteiger partial charge in [0.15, 0.2) is 0 Å². The molecule has 4 rings (SSSR count). The first-order valence-electron chi connectivity index (χ1n) is 8.61. The molecule has 2 aromatic heterocycles. The van der Waals surface area contributed by atoms with E-state index >= 15 is 0 Å². The van der Waals surface area contributed by atoms with E-state index < -0.39 is 5.91 Å². The van der Waals surface area contributed by atoms with Crippen LogP contribution in [0, 0.1) is 0 Å². The molecular weight excluding hydrogens is 354 g/mol. The lowest BCUT2D eigenvalue weighted by atomic mass is 10.0. The van der Waals surface area contributed by atoms with Crippen LogP contribution in [-0.2, 0) is 0 Å². The Balaban J connectivity index is 1.60. The maximum atomic E-state index is 12.4. The van der Waals surface area contributed by atoms with Crippen molar-refractivity contribution in [2.45, 2.75) is 0 Å². The van der Waals surface area contributed by atoms with Crippen molar-refractivity contribution in [3.8, 4) is 17.0 Å². The molecule has 0 spiro atoms. The van der Waals surface area contributed by atoms with Crippen LogP contribution in [0.4, 0.5) is 0 Å². The number of pyridine rings is 1. The van der Waals surface area contributed by atoms with Gasteiger partial charge in [-0.1, -0.05) is 36.4 Å². The molecule has 2 N–H and O–H groups in total. The van der Waals surface area contributed by atoms with Crippen molar-refractivity contribution < 1.29 is 9.53 Å². The highest BCUT2D eigenvalue weighted by molar-refractivity contribution is 6.00. The summed E-state index contributed by atoms with van der Waals surface area (Å²) in [6.07, 6.45) is 4.84. The second kappa shape index (κ2) is 7.71. The molecule has 0 bridgehead atoms. The summed E-state index contributed by atoms with van der Waals surface area (Å²) in [5.41, 5.74) is 5.01. The molecule has 0 aliphatic heterocycles. The lowest BCUT2D eigenvalue weighted by Gasteiger charge is -2.09. The molecule has 0 aliphatic rings. The minimum absolute atomic E-state index is 0.299. The highest BCUT2D eigenvalue weighted by Crippen LogP contribution is 2.36. The van der Waals surface area contributed by atoms with Crippen LogP contribution in [0.3, 0.4) is 0 Å². The molecular formula is C21H17N5O2. The Hall–Kier alpha value is -4.00. The first-order valence-corrected chi connectivity index (χ1v) is 8.61. The van der Waals surface area contributed by atoms with Crippen molar-refractivity contribution in [2.75, 3.05) is 7.11 Å². The van der Waals surface area contributed by atoms with Gasteiger partial charge in [0.05, 0.1) is 24.6 Å². The smallest absolute Gasteiger partial charge is 0.289 e. The molecule has 0 saturated carbocycles. The number of methoxy groups -OCH3 is 1. The van der Waals surface area contributed by atoms with E-state index in [2.05, 4.69) is 25.7 Å². The third-order valence-electron chi connectivity index (χ3n) is 4.25. The van der Waals surface area contributed by atoms with Crippen LogP contribution in [0.2, 0.25) is 0 Å². The van der Waals surface area contributed by atoms with Gasteiger partial charge in [0.1, 0.15) is 11.4 Å². The fourth-order valence-electron chi connectivity index (χ4n) is 2.93. The van der Waals surface area contributed by atoms with E-state index in [0.717, 1.165) is 21.9 Å². The summed E-state index contributed by atoms with van der Waals surface area (Å²) >= 11 is 0. The number of amides is 1. The quantitative estimate of drug-likeness (QED) is 0.415. The van der Waals surface area contributed by atoms with Gasteiger partial charge in [-0.15, -0.1) is 0 Å². The molecule has 28 heavy (non-hydrogen) atoms. The van der Waals surface area contributed by atoms with Crippen molar-refractivity contribution in [3.63, 3.8) is 0 Å². The van der Waals surface area contributed by atoms with Gasteiger partial charge in [0, 0.05) is 18.0 Å². The molecule has 0 atom stereocenters. The summed E-state index contributed by atoms with van der Waals surface area (Å²) in [6.45, 7) is 0. The van der Waals surface area contributed by atoms with Gasteiger partial charge in [-0.2, -0.15) is 10.2 Å². The molecule has 7 nitrogen and oxygen atoms in total. The van der Waals surface area contributed by atoms with Gasteiger partial charge in [0.25, 0.3) is 5.91 Å². The van der Waals surface area contributed by atoms with Crippen LogP contribution < -0.4 is 10.2 Å². The molecule has 4 aromatic rings. The van der Waals surface area contributed by atoms with E-state index in [4.69, 9.17) is 4.74 Å². The molecule has 0 unspecified atom stereocenters. The third-order valence-corrected chi connectivity index (χ3v) is 4.25. The van der Waals surface area contributed by atoms with E-state index in [0.29, 0.717) is 17.1 Å². The van der Waals surface area contributed by atoms with E-state index in [-0.39, 0.29) is 0 Å². The standard InChI is InChI=1S/C21H17N5O2/c1-28-19-9-8-15-6-2-3-7-16(15)20(19)17-11-18(25-24-17)21(27)26-23-13-14-5-4-10-22-12-14/h2-13H,1H3,(H,24,25)(H,26,27)/b23-13-. The summed E-state index contributed by atoms with van der Waals surface area (Å²) in [5, 5.41) is 13.1. The van der Waals surface area contributed by atoms with Crippen LogP contribution in [0.25, 0.3) is 22.0 Å². The number of hydrazone groups is 1. The zero-order chi connectivity index (χ0) is 19.3. The number of carbonyl (C=O) groups excluding carboxylic acids is 1. The highest BCUT2D eigenvalue weighted by Gasteiger charge is 2.16. The first-order chi connectivity index (χ1) is 13.8. The van der Waals surface area contributed by atoms with Crippen LogP contribution in [-0.4, -0.2) is 34.4 Å². The number of hydrogen-bond acceptors (Lipinski definition) is 5. The Morgan fingerprint density at radius 2 is 2.07 bits per heavy atom.